The number of aromatic amines is 2. The highest BCUT2D eigenvalue weighted by atomic mass is 35.5. The number of allylic oxidation sites excluding steroid dienone is 8. The molecular formula is C93H109ClF4N8O2. The fraction of sp³-hybridized carbons (Fsp3) is 0.355. The number of aromatic nitrogens is 8. The lowest BCUT2D eigenvalue weighted by atomic mass is 9.87. The Kier molecular flexibility index (Phi) is 32.1. The predicted molar refractivity (Wildman–Crippen MR) is 444 cm³/mol. The number of rotatable bonds is 21. The Morgan fingerprint density at radius 2 is 0.889 bits per heavy atom. The molecule has 2 N–H and O–H groups in total. The average Bonchev–Trinajstić information content (AvgIpc) is 1.62. The van der Waals surface area contributed by atoms with Gasteiger partial charge in [-0.25, -0.2) is 17.6 Å². The molecule has 12 aromatic rings. The molecule has 4 aliphatic carbocycles. The first-order chi connectivity index (χ1) is 52.5. The number of unbranched alkanes of at least 4 members (excludes halogenated alkanes) is 4. The molecular weight excluding hydrogens is 1370 g/mol. The van der Waals surface area contributed by atoms with Crippen molar-refractivity contribution in [1.29, 1.82) is 0 Å². The van der Waals surface area contributed by atoms with Crippen molar-refractivity contribution in [2.24, 2.45) is 0 Å². The normalized spacial score (nSPS) is 12.9. The quantitative estimate of drug-likeness (QED) is 0.0693. The predicted octanol–water partition coefficient (Wildman–Crippen LogP) is 26.4. The Morgan fingerprint density at radius 1 is 0.426 bits per heavy atom. The highest BCUT2D eigenvalue weighted by Crippen LogP contribution is 2.43. The topological polar surface area (TPSA) is 111 Å². The van der Waals surface area contributed by atoms with E-state index in [2.05, 4.69) is 168 Å². The number of ether oxygens (including phenoxy) is 2. The van der Waals surface area contributed by atoms with Crippen LogP contribution in [-0.4, -0.2) is 53.2 Å². The van der Waals surface area contributed by atoms with Gasteiger partial charge in [-0.3, -0.25) is 19.6 Å². The lowest BCUT2D eigenvalue weighted by molar-refractivity contribution is 0.308. The standard InChI is InChI=1S/C15H19F.C13H15Cl.C13H15F.C12H13F.C11H14N2.C10H11FN2O.C10H12N2.C9H10N2O/c1-4-5-6-11-10-15(2,3)14-8-7-12(16)9-13(11)14;2*1-2-3-4-10-5-6-11-7-8-12(14)9-13(10)11;1-2-3-9-4-5-10-6-7-11(13)8-12(9)10;1-2-3-8-13-11-7-5-4-6-10(11)9-12-13;1-2-5-14-10-8-6-7(11)3-4-9(8)12-13-10;1-2-7-12-10-6-4-3-5-9(10)8-11-12;1-2-12-9-7-5-3-4-6-8(7)10-11-9/h7-10H,4-6H2,1-3H3;2*5,7-9H,2-4,6H2,1H3;4,6-8H,2-3,5H2,1H3;4-7,9H,2-3,8H2,1H3;3-4,6H,2,5H2,1H3,(H,12,13);3-6,8H,2,7H2,1H3;3-6H,2H2,1H3,(H,10,11). The third-order valence-electron chi connectivity index (χ3n) is 19.3. The van der Waals surface area contributed by atoms with Crippen LogP contribution in [0.15, 0.2) is 200 Å². The van der Waals surface area contributed by atoms with Gasteiger partial charge in [0.15, 0.2) is 0 Å². The molecule has 0 unspecified atom stereocenters. The lowest BCUT2D eigenvalue weighted by Gasteiger charge is -2.17. The van der Waals surface area contributed by atoms with E-state index >= 15 is 0 Å². The molecule has 4 aromatic heterocycles. The molecule has 0 radical (unpaired) electrons. The number of hydrogen-bond acceptors (Lipinski definition) is 6. The van der Waals surface area contributed by atoms with E-state index < -0.39 is 0 Å². The Labute approximate surface area is 642 Å². The fourth-order valence-corrected chi connectivity index (χ4v) is 13.9. The summed E-state index contributed by atoms with van der Waals surface area (Å²) >= 11 is 6.00. The highest BCUT2D eigenvalue weighted by Gasteiger charge is 2.29. The van der Waals surface area contributed by atoms with Crippen molar-refractivity contribution < 1.29 is 27.0 Å². The molecule has 0 saturated carbocycles. The van der Waals surface area contributed by atoms with Gasteiger partial charge in [0, 0.05) is 34.3 Å². The molecule has 8 aromatic carbocycles. The molecule has 0 spiro atoms. The minimum Gasteiger partial charge on any atom is -0.476 e. The van der Waals surface area contributed by atoms with Crippen molar-refractivity contribution in [2.75, 3.05) is 13.2 Å². The number of benzene rings is 8. The SMILES string of the molecule is CCCC1=CCc2ccc(F)cc21.CCCCC1=CC(C)(C)c2ccc(F)cc21.CCCCC1=CCc2ccc(Cl)cc21.CCCCC1=CCc2ccc(F)cc21.CCCCn1ncc2ccccc21.CCCOc1n[nH]c2ccc(F)cc12.CCCn1ncc2ccccc21.CCOc1n[nH]c2ccccc12. The monoisotopic (exact) mass is 1480 g/mol. The second kappa shape index (κ2) is 42.1. The third-order valence-corrected chi connectivity index (χ3v) is 19.6. The Balaban J connectivity index is 0.000000143. The van der Waals surface area contributed by atoms with Crippen molar-refractivity contribution in [2.45, 2.75) is 203 Å². The minimum atomic E-state index is -0.278. The molecule has 0 amide bonds. The Bertz CT molecular complexity index is 4810. The van der Waals surface area contributed by atoms with Crippen molar-refractivity contribution in [3.8, 4) is 11.8 Å². The van der Waals surface area contributed by atoms with Gasteiger partial charge in [0.1, 0.15) is 23.3 Å². The molecule has 108 heavy (non-hydrogen) atoms. The van der Waals surface area contributed by atoms with Crippen LogP contribution in [0.2, 0.25) is 5.02 Å². The van der Waals surface area contributed by atoms with E-state index in [0.29, 0.717) is 30.4 Å². The second-order valence-electron chi connectivity index (χ2n) is 28.1. The van der Waals surface area contributed by atoms with Crippen LogP contribution >= 0.6 is 11.6 Å². The number of H-pyrrole nitrogens is 2. The van der Waals surface area contributed by atoms with E-state index in [-0.39, 0.29) is 28.7 Å². The maximum atomic E-state index is 13.3. The second-order valence-corrected chi connectivity index (χ2v) is 28.6. The molecule has 16 rings (SSSR count). The summed E-state index contributed by atoms with van der Waals surface area (Å²) in [6.07, 6.45) is 33.3. The zero-order valence-corrected chi connectivity index (χ0v) is 65.8. The van der Waals surface area contributed by atoms with Crippen molar-refractivity contribution in [1.82, 2.24) is 40.0 Å². The van der Waals surface area contributed by atoms with Crippen LogP contribution in [-0.2, 0) is 37.8 Å². The van der Waals surface area contributed by atoms with Gasteiger partial charge in [-0.05, 0) is 248 Å². The van der Waals surface area contributed by atoms with Gasteiger partial charge in [-0.2, -0.15) is 10.2 Å². The first-order valence-electron chi connectivity index (χ1n) is 39.1. The number of fused-ring (bicyclic) bond motifs is 8. The van der Waals surface area contributed by atoms with Crippen molar-refractivity contribution >= 4 is 77.5 Å². The summed E-state index contributed by atoms with van der Waals surface area (Å²) < 4.78 is 67.0. The number of para-hydroxylation sites is 3. The molecule has 15 heteroatoms. The fourth-order valence-electron chi connectivity index (χ4n) is 13.7. The van der Waals surface area contributed by atoms with E-state index in [9.17, 15) is 17.6 Å². The number of hydrogen-bond donors (Lipinski definition) is 2. The van der Waals surface area contributed by atoms with E-state index in [1.807, 2.05) is 86.9 Å². The summed E-state index contributed by atoms with van der Waals surface area (Å²) in [7, 11) is 0. The third kappa shape index (κ3) is 22.9. The highest BCUT2D eigenvalue weighted by molar-refractivity contribution is 6.30. The van der Waals surface area contributed by atoms with Gasteiger partial charge in [0.2, 0.25) is 11.8 Å². The van der Waals surface area contributed by atoms with Crippen LogP contribution in [0.25, 0.3) is 65.9 Å². The summed E-state index contributed by atoms with van der Waals surface area (Å²) in [6, 6.07) is 50.6. The Morgan fingerprint density at radius 3 is 1.44 bits per heavy atom. The molecule has 4 aliphatic rings. The number of nitrogens with one attached hydrogen (secondary N) is 2. The van der Waals surface area contributed by atoms with Crippen molar-refractivity contribution in [3.63, 3.8) is 0 Å². The summed E-state index contributed by atoms with van der Waals surface area (Å²) in [5.41, 5.74) is 19.8. The van der Waals surface area contributed by atoms with Gasteiger partial charge in [0.25, 0.3) is 0 Å². The zero-order chi connectivity index (χ0) is 76.8. The van der Waals surface area contributed by atoms with Crippen LogP contribution in [0, 0.1) is 23.3 Å². The van der Waals surface area contributed by atoms with E-state index in [0.717, 1.165) is 109 Å². The number of aryl methyl sites for hydroxylation is 2. The molecule has 0 bridgehead atoms. The summed E-state index contributed by atoms with van der Waals surface area (Å²) in [4.78, 5) is 0. The molecule has 0 saturated heterocycles. The van der Waals surface area contributed by atoms with Crippen LogP contribution in [0.1, 0.15) is 210 Å². The number of halogens is 5. The van der Waals surface area contributed by atoms with Crippen LogP contribution in [0.4, 0.5) is 17.6 Å². The first-order valence-corrected chi connectivity index (χ1v) is 39.5. The maximum absolute atomic E-state index is 13.3. The van der Waals surface area contributed by atoms with E-state index in [1.54, 1.807) is 42.5 Å². The Hall–Kier alpha value is -9.79. The van der Waals surface area contributed by atoms with Gasteiger partial charge in [-0.1, -0.05) is 203 Å². The minimum absolute atomic E-state index is 0.0616. The van der Waals surface area contributed by atoms with E-state index in [1.165, 1.54) is 142 Å². The molecule has 10 nitrogen and oxygen atoms in total. The van der Waals surface area contributed by atoms with Crippen molar-refractivity contribution in [3.05, 3.63) is 273 Å². The van der Waals surface area contributed by atoms with E-state index in [4.69, 9.17) is 21.1 Å². The van der Waals surface area contributed by atoms with Crippen LogP contribution < -0.4 is 9.47 Å². The largest absolute Gasteiger partial charge is 0.476 e. The lowest BCUT2D eigenvalue weighted by Crippen LogP contribution is -2.10. The smallest absolute Gasteiger partial charge is 0.240 e. The average molecular weight is 1480 g/mol. The van der Waals surface area contributed by atoms with Gasteiger partial charge >= 0.3 is 0 Å². The van der Waals surface area contributed by atoms with Gasteiger partial charge in [-0.15, -0.1) is 10.2 Å². The molecule has 0 fully saturated rings. The first kappa shape index (κ1) is 82.3. The van der Waals surface area contributed by atoms with Gasteiger partial charge < -0.3 is 9.47 Å². The summed E-state index contributed by atoms with van der Waals surface area (Å²) in [5, 5.41) is 27.4. The molecule has 4 heterocycles. The summed E-state index contributed by atoms with van der Waals surface area (Å²) in [5.74, 6) is 0.518. The molecule has 0 aliphatic heterocycles. The van der Waals surface area contributed by atoms with Gasteiger partial charge in [0.05, 0.1) is 58.4 Å². The van der Waals surface area contributed by atoms with Crippen LogP contribution in [0.5, 0.6) is 11.8 Å². The zero-order valence-electron chi connectivity index (χ0n) is 65.0. The van der Waals surface area contributed by atoms with Crippen LogP contribution in [0.3, 0.4) is 0 Å². The molecule has 568 valence electrons. The molecule has 0 atom stereocenters. The number of nitrogens with zero attached hydrogens (tertiary/aromatic N) is 6. The maximum Gasteiger partial charge on any atom is 0.240 e. The summed E-state index contributed by atoms with van der Waals surface area (Å²) in [6.45, 7) is 24.7.